The molecule has 1 saturated carbocycles. The molecule has 0 bridgehead atoms. The summed E-state index contributed by atoms with van der Waals surface area (Å²) in [6.45, 7) is 10.6. The van der Waals surface area contributed by atoms with Crippen LogP contribution in [0.25, 0.3) is 0 Å². The van der Waals surface area contributed by atoms with Gasteiger partial charge in [-0.05, 0) is 47.1 Å². The lowest BCUT2D eigenvalue weighted by molar-refractivity contribution is -0.180. The van der Waals surface area contributed by atoms with Crippen LogP contribution in [-0.4, -0.2) is 52.7 Å². The summed E-state index contributed by atoms with van der Waals surface area (Å²) in [5, 5.41) is 21.5. The summed E-state index contributed by atoms with van der Waals surface area (Å²) in [6.07, 6.45) is -4.93. The summed E-state index contributed by atoms with van der Waals surface area (Å²) in [5.41, 5.74) is -0.579. The Morgan fingerprint density at radius 3 is 1.65 bits per heavy atom. The summed E-state index contributed by atoms with van der Waals surface area (Å²) >= 11 is 0. The quantitative estimate of drug-likeness (QED) is 0.540. The third-order valence-corrected chi connectivity index (χ3v) is 5.17. The Morgan fingerprint density at radius 1 is 0.839 bits per heavy atom. The molecule has 1 aromatic carbocycles. The fraction of sp³-hybridized carbons (Fsp3) is 0.667. The number of carbonyl (C=O) groups excluding carboxylic acids is 2. The molecule has 1 fully saturated rings. The molecule has 1 aliphatic carbocycles. The van der Waals surface area contributed by atoms with Crippen LogP contribution >= 0.6 is 0 Å². The predicted molar refractivity (Wildman–Crippen MR) is 115 cm³/mol. The van der Waals surface area contributed by atoms with Gasteiger partial charge in [-0.3, -0.25) is 9.59 Å². The zero-order valence-corrected chi connectivity index (χ0v) is 19.3. The van der Waals surface area contributed by atoms with Crippen LogP contribution in [0.2, 0.25) is 0 Å². The average Bonchev–Trinajstić information content (AvgIpc) is 2.78. The zero-order chi connectivity index (χ0) is 23.4. The summed E-state index contributed by atoms with van der Waals surface area (Å²) in [5.74, 6) is -0.980. The first kappa shape index (κ1) is 25.3. The number of aliphatic hydroxyl groups is 2. The normalized spacial score (nSPS) is 27.3. The van der Waals surface area contributed by atoms with E-state index in [0.29, 0.717) is 6.61 Å². The molecular formula is C24H36O7. The van der Waals surface area contributed by atoms with Gasteiger partial charge in [0, 0.05) is 12.8 Å². The SMILES string of the molecule is CC(C)(C)C(=O)O[C@H]1CC(OCc2ccccc2)C[C@@H](OC(=O)C(C)(C)C)C(O)C1O. The Morgan fingerprint density at radius 2 is 1.26 bits per heavy atom. The minimum absolute atomic E-state index is 0.177. The second kappa shape index (κ2) is 10.1. The monoisotopic (exact) mass is 436 g/mol. The van der Waals surface area contributed by atoms with E-state index in [-0.39, 0.29) is 12.8 Å². The van der Waals surface area contributed by atoms with Crippen molar-refractivity contribution < 1.29 is 34.0 Å². The van der Waals surface area contributed by atoms with Crippen molar-refractivity contribution in [3.8, 4) is 0 Å². The van der Waals surface area contributed by atoms with Crippen LogP contribution in [0, 0.1) is 10.8 Å². The first-order chi connectivity index (χ1) is 14.3. The zero-order valence-electron chi connectivity index (χ0n) is 19.3. The molecule has 0 radical (unpaired) electrons. The molecular weight excluding hydrogens is 400 g/mol. The molecule has 1 aliphatic rings. The molecule has 2 rings (SSSR count). The summed E-state index contributed by atoms with van der Waals surface area (Å²) < 4.78 is 17.1. The minimum atomic E-state index is -1.41. The highest BCUT2D eigenvalue weighted by Gasteiger charge is 2.44. The van der Waals surface area contributed by atoms with Crippen LogP contribution in [0.15, 0.2) is 30.3 Å². The van der Waals surface area contributed by atoms with Gasteiger partial charge < -0.3 is 24.4 Å². The highest BCUT2D eigenvalue weighted by Crippen LogP contribution is 2.30. The molecule has 7 nitrogen and oxygen atoms in total. The maximum atomic E-state index is 12.4. The van der Waals surface area contributed by atoms with E-state index in [9.17, 15) is 19.8 Å². The van der Waals surface area contributed by atoms with Crippen molar-refractivity contribution in [1.29, 1.82) is 0 Å². The van der Waals surface area contributed by atoms with E-state index in [0.717, 1.165) is 5.56 Å². The van der Waals surface area contributed by atoms with Crippen molar-refractivity contribution in [3.63, 3.8) is 0 Å². The summed E-state index contributed by atoms with van der Waals surface area (Å²) in [4.78, 5) is 24.9. The van der Waals surface area contributed by atoms with Gasteiger partial charge in [0.25, 0.3) is 0 Å². The largest absolute Gasteiger partial charge is 0.459 e. The molecule has 0 amide bonds. The molecule has 5 atom stereocenters. The third-order valence-electron chi connectivity index (χ3n) is 5.17. The van der Waals surface area contributed by atoms with E-state index < -0.39 is 53.3 Å². The number of benzene rings is 1. The maximum Gasteiger partial charge on any atom is 0.311 e. The number of hydrogen-bond acceptors (Lipinski definition) is 7. The lowest BCUT2D eigenvalue weighted by Crippen LogP contribution is -2.47. The number of esters is 2. The molecule has 0 aromatic heterocycles. The second-order valence-electron chi connectivity index (χ2n) is 10.3. The molecule has 0 heterocycles. The molecule has 7 heteroatoms. The minimum Gasteiger partial charge on any atom is -0.459 e. The van der Waals surface area contributed by atoms with Crippen molar-refractivity contribution in [2.45, 2.75) is 91.5 Å². The lowest BCUT2D eigenvalue weighted by atomic mass is 9.96. The van der Waals surface area contributed by atoms with Gasteiger partial charge in [0.1, 0.15) is 24.4 Å². The van der Waals surface area contributed by atoms with Crippen LogP contribution in [0.3, 0.4) is 0 Å². The Labute approximate surface area is 184 Å². The van der Waals surface area contributed by atoms with Gasteiger partial charge in [0.2, 0.25) is 0 Å². The standard InChI is InChI=1S/C24H36O7/c1-23(2,3)21(27)30-17-12-16(29-14-15-10-8-7-9-11-15)13-18(20(26)19(17)25)31-22(28)24(4,5)6/h7-11,16-20,25-26H,12-14H2,1-6H3/t16?,17-,18+,19?,20?. The molecule has 31 heavy (non-hydrogen) atoms. The van der Waals surface area contributed by atoms with Gasteiger partial charge in [-0.25, -0.2) is 0 Å². The number of rotatable bonds is 5. The van der Waals surface area contributed by atoms with Gasteiger partial charge in [-0.15, -0.1) is 0 Å². The topological polar surface area (TPSA) is 102 Å². The van der Waals surface area contributed by atoms with Crippen molar-refractivity contribution in [2.24, 2.45) is 10.8 Å². The maximum absolute atomic E-state index is 12.4. The van der Waals surface area contributed by atoms with Gasteiger partial charge in [0.05, 0.1) is 23.5 Å². The molecule has 0 aliphatic heterocycles. The number of aliphatic hydroxyl groups excluding tert-OH is 2. The van der Waals surface area contributed by atoms with Crippen molar-refractivity contribution in [1.82, 2.24) is 0 Å². The van der Waals surface area contributed by atoms with Gasteiger partial charge >= 0.3 is 11.9 Å². The Kier molecular flexibility index (Phi) is 8.25. The van der Waals surface area contributed by atoms with Gasteiger partial charge in [-0.2, -0.15) is 0 Å². The van der Waals surface area contributed by atoms with Crippen molar-refractivity contribution in [3.05, 3.63) is 35.9 Å². The highest BCUT2D eigenvalue weighted by atomic mass is 16.6. The molecule has 2 N–H and O–H groups in total. The lowest BCUT2D eigenvalue weighted by Gasteiger charge is -2.30. The van der Waals surface area contributed by atoms with E-state index in [4.69, 9.17) is 14.2 Å². The summed E-state index contributed by atoms with van der Waals surface area (Å²) in [7, 11) is 0. The fourth-order valence-corrected chi connectivity index (χ4v) is 3.12. The summed E-state index contributed by atoms with van der Waals surface area (Å²) in [6, 6.07) is 9.57. The number of carbonyl (C=O) groups is 2. The van der Waals surface area contributed by atoms with E-state index in [1.807, 2.05) is 30.3 Å². The Hall–Kier alpha value is -1.96. The Bertz CT molecular complexity index is 691. The predicted octanol–water partition coefficient (Wildman–Crippen LogP) is 3.00. The highest BCUT2D eigenvalue weighted by molar-refractivity contribution is 5.76. The molecule has 3 unspecified atom stereocenters. The van der Waals surface area contributed by atoms with Gasteiger partial charge in [0.15, 0.2) is 0 Å². The molecule has 174 valence electrons. The van der Waals surface area contributed by atoms with Crippen LogP contribution in [0.4, 0.5) is 0 Å². The first-order valence-electron chi connectivity index (χ1n) is 10.7. The average molecular weight is 437 g/mol. The van der Waals surface area contributed by atoms with Crippen LogP contribution < -0.4 is 0 Å². The van der Waals surface area contributed by atoms with Crippen LogP contribution in [0.1, 0.15) is 59.9 Å². The van der Waals surface area contributed by atoms with Gasteiger partial charge in [-0.1, -0.05) is 30.3 Å². The third kappa shape index (κ3) is 7.30. The fourth-order valence-electron chi connectivity index (χ4n) is 3.12. The second-order valence-corrected chi connectivity index (χ2v) is 10.3. The molecule has 0 saturated heterocycles. The van der Waals surface area contributed by atoms with Crippen molar-refractivity contribution in [2.75, 3.05) is 0 Å². The van der Waals surface area contributed by atoms with E-state index in [1.54, 1.807) is 41.5 Å². The first-order valence-corrected chi connectivity index (χ1v) is 10.7. The molecule has 1 aromatic rings. The van der Waals surface area contributed by atoms with Crippen molar-refractivity contribution >= 4 is 11.9 Å². The van der Waals surface area contributed by atoms with E-state index in [1.165, 1.54) is 0 Å². The Balaban J connectivity index is 2.22. The van der Waals surface area contributed by atoms with Crippen LogP contribution in [-0.2, 0) is 30.4 Å². The smallest absolute Gasteiger partial charge is 0.311 e. The van der Waals surface area contributed by atoms with E-state index in [2.05, 4.69) is 0 Å². The molecule has 0 spiro atoms. The number of hydrogen-bond donors (Lipinski definition) is 2. The van der Waals surface area contributed by atoms with E-state index >= 15 is 0 Å². The number of ether oxygens (including phenoxy) is 3. The van der Waals surface area contributed by atoms with Crippen LogP contribution in [0.5, 0.6) is 0 Å².